The molecule has 1 aliphatic heterocycles. The van der Waals surface area contributed by atoms with Gasteiger partial charge in [-0.2, -0.15) is 0 Å². The number of carboxylic acids is 1. The van der Waals surface area contributed by atoms with E-state index in [1.54, 1.807) is 0 Å². The average Bonchev–Trinajstić information content (AvgIpc) is 3.00. The van der Waals surface area contributed by atoms with Crippen molar-refractivity contribution >= 4 is 40.3 Å². The van der Waals surface area contributed by atoms with Gasteiger partial charge in [0.05, 0.1) is 23.9 Å². The van der Waals surface area contributed by atoms with E-state index >= 15 is 0 Å². The van der Waals surface area contributed by atoms with Gasteiger partial charge in [-0.1, -0.05) is 18.2 Å². The quantitative estimate of drug-likeness (QED) is 0.656. The molecule has 1 atom stereocenters. The van der Waals surface area contributed by atoms with Crippen molar-refractivity contribution in [1.82, 2.24) is 14.7 Å². The number of hydrogen-bond acceptors (Lipinski definition) is 6. The second-order valence-corrected chi connectivity index (χ2v) is 7.33. The van der Waals surface area contributed by atoms with Crippen LogP contribution in [0, 0.1) is 0 Å². The molecule has 3 aromatic rings. The molecule has 3 heterocycles. The molecule has 0 amide bonds. The number of nitrogens with one attached hydrogen (secondary N) is 1. The van der Waals surface area contributed by atoms with E-state index in [1.807, 2.05) is 47.0 Å². The first-order valence-electron chi connectivity index (χ1n) is 8.56. The van der Waals surface area contributed by atoms with Gasteiger partial charge in [0, 0.05) is 29.5 Å². The van der Waals surface area contributed by atoms with Gasteiger partial charge in [-0.25, -0.2) is 14.6 Å². The molecule has 1 unspecified atom stereocenters. The lowest BCUT2D eigenvalue weighted by atomic mass is 10.1. The summed E-state index contributed by atoms with van der Waals surface area (Å²) in [6, 6.07) is 12.0. The summed E-state index contributed by atoms with van der Waals surface area (Å²) in [5.41, 5.74) is 3.04. The summed E-state index contributed by atoms with van der Waals surface area (Å²) in [7, 11) is 1.30. The summed E-state index contributed by atoms with van der Waals surface area (Å²) in [5, 5.41) is 14.2. The molecule has 0 spiro atoms. The minimum absolute atomic E-state index is 0.00917. The third-order valence-electron chi connectivity index (χ3n) is 4.52. The second-order valence-electron chi connectivity index (χ2n) is 6.25. The van der Waals surface area contributed by atoms with Gasteiger partial charge in [-0.15, -0.1) is 11.8 Å². The van der Waals surface area contributed by atoms with Gasteiger partial charge >= 0.3 is 11.9 Å². The highest BCUT2D eigenvalue weighted by Gasteiger charge is 2.26. The van der Waals surface area contributed by atoms with E-state index in [4.69, 9.17) is 4.74 Å². The molecule has 142 valence electrons. The van der Waals surface area contributed by atoms with Crippen LogP contribution in [0.25, 0.3) is 16.6 Å². The summed E-state index contributed by atoms with van der Waals surface area (Å²) in [6.07, 6.45) is 3.81. The largest absolute Gasteiger partial charge is 0.477 e. The van der Waals surface area contributed by atoms with Crippen molar-refractivity contribution in [1.29, 1.82) is 0 Å². The molecule has 0 radical (unpaired) electrons. The Hall–Kier alpha value is -3.26. The Morgan fingerprint density at radius 3 is 2.89 bits per heavy atom. The molecule has 0 saturated heterocycles. The molecule has 0 saturated carbocycles. The summed E-state index contributed by atoms with van der Waals surface area (Å²) < 4.78 is 6.89. The highest BCUT2D eigenvalue weighted by Crippen LogP contribution is 2.29. The third kappa shape index (κ3) is 3.34. The number of benzene rings is 1. The van der Waals surface area contributed by atoms with Crippen molar-refractivity contribution in [3.8, 4) is 0 Å². The van der Waals surface area contributed by atoms with E-state index < -0.39 is 11.9 Å². The number of aromatic nitrogens is 2. The topological polar surface area (TPSA) is 92.9 Å². The number of carbonyl (C=O) groups is 2. The van der Waals surface area contributed by atoms with E-state index in [1.165, 1.54) is 30.5 Å². The lowest BCUT2D eigenvalue weighted by molar-refractivity contribution is -0.136. The second kappa shape index (κ2) is 7.40. The predicted molar refractivity (Wildman–Crippen MR) is 107 cm³/mol. The number of carboxylic acid groups (broad SMARTS) is 1. The molecule has 4 rings (SSSR count). The zero-order chi connectivity index (χ0) is 19.7. The fourth-order valence-electron chi connectivity index (χ4n) is 3.14. The predicted octanol–water partition coefficient (Wildman–Crippen LogP) is 2.72. The van der Waals surface area contributed by atoms with E-state index in [-0.39, 0.29) is 10.9 Å². The molecule has 8 heteroatoms. The molecular weight excluding hydrogens is 378 g/mol. The van der Waals surface area contributed by atoms with Crippen molar-refractivity contribution in [2.45, 2.75) is 11.7 Å². The maximum atomic E-state index is 12.2. The standard InChI is InChI=1S/C20H17N3O4S/c1-27-20(26)14-9-21-15(19(24)25)11-28-17(14)8-13-10-23-16-5-3-2-4-12(16)6-7-18(23)22-13/h2-7,9-11,17,21H,8H2,1H3,(H,24,25). The molecule has 0 aliphatic carbocycles. The highest BCUT2D eigenvalue weighted by molar-refractivity contribution is 8.03. The van der Waals surface area contributed by atoms with Crippen LogP contribution in [0.4, 0.5) is 0 Å². The molecule has 0 bridgehead atoms. The van der Waals surface area contributed by atoms with Gasteiger partial charge in [0.25, 0.3) is 0 Å². The fourth-order valence-corrected chi connectivity index (χ4v) is 4.19. The van der Waals surface area contributed by atoms with Crippen LogP contribution in [0.5, 0.6) is 0 Å². The number of rotatable bonds is 4. The number of methoxy groups -OCH3 is 1. The number of hydrogen-bond donors (Lipinski definition) is 2. The molecule has 1 aromatic carbocycles. The zero-order valence-electron chi connectivity index (χ0n) is 15.0. The van der Waals surface area contributed by atoms with E-state index in [9.17, 15) is 14.7 Å². The van der Waals surface area contributed by atoms with Crippen molar-refractivity contribution in [2.75, 3.05) is 7.11 Å². The fraction of sp³-hybridized carbons (Fsp3) is 0.150. The lowest BCUT2D eigenvalue weighted by Gasteiger charge is -2.14. The Labute approximate surface area is 164 Å². The van der Waals surface area contributed by atoms with Crippen LogP contribution in [0.2, 0.25) is 0 Å². The van der Waals surface area contributed by atoms with Crippen LogP contribution < -0.4 is 5.32 Å². The number of nitrogens with zero attached hydrogens (tertiary/aromatic N) is 2. The number of ether oxygens (including phenoxy) is 1. The van der Waals surface area contributed by atoms with Gasteiger partial charge in [0.2, 0.25) is 0 Å². The minimum atomic E-state index is -1.09. The van der Waals surface area contributed by atoms with Crippen molar-refractivity contribution in [3.63, 3.8) is 0 Å². The van der Waals surface area contributed by atoms with Crippen LogP contribution in [0.1, 0.15) is 5.69 Å². The Bertz CT molecular complexity index is 1150. The highest BCUT2D eigenvalue weighted by atomic mass is 32.2. The molecular formula is C20H17N3O4S. The van der Waals surface area contributed by atoms with Crippen LogP contribution in [-0.4, -0.2) is 38.8 Å². The maximum absolute atomic E-state index is 12.2. The Balaban J connectivity index is 1.70. The van der Waals surface area contributed by atoms with E-state index in [0.717, 1.165) is 22.2 Å². The third-order valence-corrected chi connectivity index (χ3v) is 5.64. The number of esters is 1. The van der Waals surface area contributed by atoms with E-state index in [0.29, 0.717) is 12.0 Å². The number of pyridine rings is 1. The Kier molecular flexibility index (Phi) is 4.79. The first-order chi connectivity index (χ1) is 13.6. The molecule has 2 aromatic heterocycles. The SMILES string of the molecule is COC(=O)C1=CNC(C(=O)O)=CSC1Cc1cn2c(ccc3ccccc32)n1. The molecule has 7 nitrogen and oxygen atoms in total. The minimum Gasteiger partial charge on any atom is -0.477 e. The average molecular weight is 395 g/mol. The summed E-state index contributed by atoms with van der Waals surface area (Å²) in [6.45, 7) is 0. The Morgan fingerprint density at radius 2 is 2.11 bits per heavy atom. The summed E-state index contributed by atoms with van der Waals surface area (Å²) in [4.78, 5) is 28.1. The van der Waals surface area contributed by atoms with Crippen LogP contribution in [-0.2, 0) is 20.7 Å². The first kappa shape index (κ1) is 18.1. The normalized spacial score (nSPS) is 16.8. The van der Waals surface area contributed by atoms with Crippen LogP contribution >= 0.6 is 11.8 Å². The molecule has 28 heavy (non-hydrogen) atoms. The molecule has 2 N–H and O–H groups in total. The van der Waals surface area contributed by atoms with Gasteiger partial charge < -0.3 is 15.2 Å². The van der Waals surface area contributed by atoms with Crippen molar-refractivity contribution in [3.05, 3.63) is 71.2 Å². The summed E-state index contributed by atoms with van der Waals surface area (Å²) in [5.74, 6) is -1.59. The molecule has 0 fully saturated rings. The van der Waals surface area contributed by atoms with Crippen molar-refractivity contribution < 1.29 is 19.4 Å². The number of thioether (sulfide) groups is 1. The molecule has 1 aliphatic rings. The number of imidazole rings is 1. The monoisotopic (exact) mass is 395 g/mol. The number of fused-ring (bicyclic) bond motifs is 3. The van der Waals surface area contributed by atoms with Gasteiger partial charge in [0.15, 0.2) is 0 Å². The smallest absolute Gasteiger partial charge is 0.352 e. The summed E-state index contributed by atoms with van der Waals surface area (Å²) >= 11 is 1.26. The van der Waals surface area contributed by atoms with Crippen LogP contribution in [0.3, 0.4) is 0 Å². The van der Waals surface area contributed by atoms with Gasteiger partial charge in [-0.05, 0) is 23.6 Å². The Morgan fingerprint density at radius 1 is 1.29 bits per heavy atom. The number of para-hydroxylation sites is 1. The maximum Gasteiger partial charge on any atom is 0.352 e. The number of aliphatic carboxylic acids is 1. The first-order valence-corrected chi connectivity index (χ1v) is 9.50. The van der Waals surface area contributed by atoms with Crippen molar-refractivity contribution in [2.24, 2.45) is 0 Å². The van der Waals surface area contributed by atoms with Gasteiger partial charge in [0.1, 0.15) is 11.3 Å². The lowest BCUT2D eigenvalue weighted by Crippen LogP contribution is -2.21. The van der Waals surface area contributed by atoms with Gasteiger partial charge in [-0.3, -0.25) is 4.40 Å². The van der Waals surface area contributed by atoms with Crippen LogP contribution in [0.15, 0.2) is 65.5 Å². The van der Waals surface area contributed by atoms with E-state index in [2.05, 4.69) is 10.3 Å². The zero-order valence-corrected chi connectivity index (χ0v) is 15.8. The number of carbonyl (C=O) groups excluding carboxylic acids is 1.